The number of carboxylic acid groups (broad SMARTS) is 1. The van der Waals surface area contributed by atoms with Crippen molar-refractivity contribution in [3.8, 4) is 11.5 Å². The van der Waals surface area contributed by atoms with Crippen LogP contribution in [0.2, 0.25) is 0 Å². The third-order valence-corrected chi connectivity index (χ3v) is 10.2. The van der Waals surface area contributed by atoms with Crippen LogP contribution in [0.15, 0.2) is 140 Å². The van der Waals surface area contributed by atoms with Gasteiger partial charge in [0.15, 0.2) is 6.04 Å². The summed E-state index contributed by atoms with van der Waals surface area (Å²) in [6.45, 7) is 7.56. The number of carbonyl (C=O) groups excluding carboxylic acids is 2. The molecular weight excluding hydrogens is 719 g/mol. The molecule has 0 aromatic heterocycles. The highest BCUT2D eigenvalue weighted by atomic mass is 16.5. The Morgan fingerprint density at radius 1 is 0.632 bits per heavy atom. The first-order valence-corrected chi connectivity index (χ1v) is 19.3. The summed E-state index contributed by atoms with van der Waals surface area (Å²) < 4.78 is 12.7. The Labute approximate surface area is 334 Å². The fraction of sp³-hybridized carbons (Fsp3) is 0.298. The monoisotopic (exact) mass is 769 g/mol. The molecule has 57 heavy (non-hydrogen) atoms. The molecule has 1 unspecified atom stereocenters. The van der Waals surface area contributed by atoms with Gasteiger partial charge >= 0.3 is 12.0 Å². The van der Waals surface area contributed by atoms with Gasteiger partial charge in [-0.1, -0.05) is 127 Å². The van der Waals surface area contributed by atoms with Gasteiger partial charge in [-0.05, 0) is 62.9 Å². The average molecular weight is 770 g/mol. The van der Waals surface area contributed by atoms with Crippen molar-refractivity contribution in [2.45, 2.75) is 83.1 Å². The highest BCUT2D eigenvalue weighted by Crippen LogP contribution is 2.46. The third-order valence-electron chi connectivity index (χ3n) is 10.2. The van der Waals surface area contributed by atoms with E-state index in [0.29, 0.717) is 22.6 Å². The molecule has 0 radical (unpaired) electrons. The Hall–Kier alpha value is -6.13. The van der Waals surface area contributed by atoms with Crippen LogP contribution in [0.5, 0.6) is 11.5 Å². The van der Waals surface area contributed by atoms with Gasteiger partial charge < -0.3 is 34.4 Å². The molecule has 296 valence electrons. The second-order valence-electron chi connectivity index (χ2n) is 15.0. The van der Waals surface area contributed by atoms with Crippen LogP contribution in [-0.4, -0.2) is 80.2 Å². The minimum absolute atomic E-state index is 0.0112. The summed E-state index contributed by atoms with van der Waals surface area (Å²) in [6, 6.07) is 37.5. The Morgan fingerprint density at radius 2 is 1.02 bits per heavy atom. The maximum Gasteiger partial charge on any atom is 0.329 e. The second-order valence-corrected chi connectivity index (χ2v) is 15.0. The molecule has 5 aromatic rings. The quantitative estimate of drug-likeness (QED) is 0.107. The lowest BCUT2D eigenvalue weighted by Gasteiger charge is -2.44. The lowest BCUT2D eigenvalue weighted by Crippen LogP contribution is -2.59. The topological polar surface area (TPSA) is 120 Å². The molecule has 2 N–H and O–H groups in total. The lowest BCUT2D eigenvalue weighted by molar-refractivity contribution is -0.150. The first-order chi connectivity index (χ1) is 27.4. The van der Waals surface area contributed by atoms with Crippen LogP contribution in [0.1, 0.15) is 55.5 Å². The number of nitrogens with zero attached hydrogens (tertiary/aromatic N) is 3. The summed E-state index contributed by atoms with van der Waals surface area (Å²) >= 11 is 0. The van der Waals surface area contributed by atoms with E-state index in [1.165, 1.54) is 14.7 Å². The third kappa shape index (κ3) is 8.81. The summed E-state index contributed by atoms with van der Waals surface area (Å²) in [5.41, 5.74) is 1.04. The fourth-order valence-corrected chi connectivity index (χ4v) is 7.72. The molecule has 10 nitrogen and oxygen atoms in total. The van der Waals surface area contributed by atoms with E-state index in [0.717, 1.165) is 16.7 Å². The Balaban J connectivity index is 1.56. The molecule has 0 spiro atoms. The Bertz CT molecular complexity index is 2070. The summed E-state index contributed by atoms with van der Waals surface area (Å²) in [6.07, 6.45) is -0.379. The smallest absolute Gasteiger partial charge is 0.329 e. The van der Waals surface area contributed by atoms with E-state index in [4.69, 9.17) is 9.47 Å². The maximum absolute atomic E-state index is 15.5. The van der Waals surface area contributed by atoms with Crippen molar-refractivity contribution in [2.24, 2.45) is 0 Å². The van der Waals surface area contributed by atoms with Gasteiger partial charge in [0.2, 0.25) is 5.91 Å². The van der Waals surface area contributed by atoms with Crippen LogP contribution in [-0.2, 0) is 34.7 Å². The predicted octanol–water partition coefficient (Wildman–Crippen LogP) is 7.53. The number of hydrogen-bond donors (Lipinski definition) is 2. The molecule has 1 saturated heterocycles. The van der Waals surface area contributed by atoms with Gasteiger partial charge in [-0.3, -0.25) is 4.79 Å². The molecule has 0 bridgehead atoms. The minimum Gasteiger partial charge on any atom is -0.491 e. The van der Waals surface area contributed by atoms with Gasteiger partial charge in [0.1, 0.15) is 23.1 Å². The van der Waals surface area contributed by atoms with E-state index in [1.54, 1.807) is 43.4 Å². The molecule has 6 rings (SSSR count). The van der Waals surface area contributed by atoms with Gasteiger partial charge in [-0.2, -0.15) is 0 Å². The normalized spacial score (nSPS) is 16.2. The molecule has 1 heterocycles. The Morgan fingerprint density at radius 3 is 1.44 bits per heavy atom. The van der Waals surface area contributed by atoms with Crippen LogP contribution in [0.3, 0.4) is 0 Å². The number of carboxylic acids is 1. The van der Waals surface area contributed by atoms with E-state index in [1.807, 2.05) is 131 Å². The molecule has 0 saturated carbocycles. The molecule has 10 heteroatoms. The highest BCUT2D eigenvalue weighted by Gasteiger charge is 2.56. The number of urea groups is 1. The van der Waals surface area contributed by atoms with E-state index in [-0.39, 0.29) is 31.7 Å². The summed E-state index contributed by atoms with van der Waals surface area (Å²) in [5, 5.41) is 24.8. The first kappa shape index (κ1) is 40.5. The molecular formula is C47H51N3O7. The van der Waals surface area contributed by atoms with Crippen molar-refractivity contribution in [3.05, 3.63) is 167 Å². The minimum atomic E-state index is -2.01. The maximum atomic E-state index is 15.5. The van der Waals surface area contributed by atoms with E-state index < -0.39 is 41.6 Å². The zero-order valence-electron chi connectivity index (χ0n) is 33.1. The van der Waals surface area contributed by atoms with Crippen molar-refractivity contribution in [3.63, 3.8) is 0 Å². The van der Waals surface area contributed by atoms with Crippen LogP contribution < -0.4 is 9.47 Å². The molecule has 0 aliphatic carbocycles. The van der Waals surface area contributed by atoms with Gasteiger partial charge in [-0.15, -0.1) is 0 Å². The summed E-state index contributed by atoms with van der Waals surface area (Å²) in [5.74, 6) is -1.14. The molecule has 3 amide bonds. The number of aliphatic carboxylic acids is 1. The number of carbonyl (C=O) groups is 3. The number of para-hydroxylation sites is 2. The number of ether oxygens (including phenoxy) is 2. The van der Waals surface area contributed by atoms with Crippen LogP contribution >= 0.6 is 0 Å². The average Bonchev–Trinajstić information content (AvgIpc) is 3.47. The zero-order valence-corrected chi connectivity index (χ0v) is 33.1. The lowest BCUT2D eigenvalue weighted by atomic mass is 9.76. The number of rotatable bonds is 16. The molecule has 1 aliphatic heterocycles. The molecule has 3 atom stereocenters. The standard InChI is InChI=1S/C47H51N3O7/c1-32(2)56-39-27-17-15-25-37(39)47(55,38-26-16-18-28-40(38)57-33(3)4)41(29-34-19-9-6-10-20-34)48(5)44(51)42-43(45(52)53)50(31-36-23-13-8-14-24-36)46(54)49(42)30-35-21-11-7-12-22-35/h6-28,32-33,41-43,55H,29-31H2,1-5H3,(H,52,53)/t41?,42-,43+/m1/s1. The van der Waals surface area contributed by atoms with E-state index >= 15 is 4.79 Å². The van der Waals surface area contributed by atoms with Crippen molar-refractivity contribution in [1.29, 1.82) is 0 Å². The van der Waals surface area contributed by atoms with Crippen LogP contribution in [0, 0.1) is 0 Å². The SMILES string of the molecule is CC(C)Oc1ccccc1C(O)(c1ccccc1OC(C)C)C(Cc1ccccc1)N(C)C(=O)[C@H]1[C@@H](C(=O)O)N(Cc2ccccc2)C(=O)N1Cc1ccccc1. The largest absolute Gasteiger partial charge is 0.491 e. The number of likely N-dealkylation sites (N-methyl/N-ethyl adjacent to an activating group) is 1. The fourth-order valence-electron chi connectivity index (χ4n) is 7.72. The number of hydrogen-bond acceptors (Lipinski definition) is 6. The molecule has 1 aliphatic rings. The van der Waals surface area contributed by atoms with Crippen LogP contribution in [0.4, 0.5) is 4.79 Å². The van der Waals surface area contributed by atoms with Gasteiger partial charge in [0.05, 0.1) is 18.2 Å². The number of benzene rings is 5. The second kappa shape index (κ2) is 17.8. The van der Waals surface area contributed by atoms with E-state index in [9.17, 15) is 19.8 Å². The van der Waals surface area contributed by atoms with Gasteiger partial charge in [-0.25, -0.2) is 9.59 Å². The molecule has 5 aromatic carbocycles. The van der Waals surface area contributed by atoms with Crippen LogP contribution in [0.25, 0.3) is 0 Å². The number of amides is 3. The predicted molar refractivity (Wildman–Crippen MR) is 219 cm³/mol. The van der Waals surface area contributed by atoms with Gasteiger partial charge in [0.25, 0.3) is 0 Å². The first-order valence-electron chi connectivity index (χ1n) is 19.3. The molecule has 1 fully saturated rings. The van der Waals surface area contributed by atoms with Crippen molar-refractivity contribution < 1.29 is 34.1 Å². The summed E-state index contributed by atoms with van der Waals surface area (Å²) in [4.78, 5) is 47.5. The Kier molecular flexibility index (Phi) is 12.6. The summed E-state index contributed by atoms with van der Waals surface area (Å²) in [7, 11) is 1.57. The van der Waals surface area contributed by atoms with Crippen molar-refractivity contribution in [1.82, 2.24) is 14.7 Å². The van der Waals surface area contributed by atoms with E-state index in [2.05, 4.69) is 0 Å². The zero-order chi connectivity index (χ0) is 40.7. The van der Waals surface area contributed by atoms with Gasteiger partial charge in [0, 0.05) is 31.3 Å². The van der Waals surface area contributed by atoms with Crippen molar-refractivity contribution in [2.75, 3.05) is 7.05 Å². The van der Waals surface area contributed by atoms with Crippen molar-refractivity contribution >= 4 is 17.9 Å². The highest BCUT2D eigenvalue weighted by molar-refractivity contribution is 5.98. The number of aliphatic hydroxyl groups is 1.